The average Bonchev–Trinajstić information content (AvgIpc) is 3.24. The Labute approximate surface area is 150 Å². The number of pyridine rings is 1. The fourth-order valence-electron chi connectivity index (χ4n) is 3.42. The number of para-hydroxylation sites is 2. The molecule has 2 aromatic heterocycles. The van der Waals surface area contributed by atoms with Gasteiger partial charge < -0.3 is 20.5 Å². The van der Waals surface area contributed by atoms with Crippen LogP contribution in [0.2, 0.25) is 0 Å². The molecule has 0 radical (unpaired) electrons. The summed E-state index contributed by atoms with van der Waals surface area (Å²) in [4.78, 5) is 11.3. The Morgan fingerprint density at radius 1 is 0.923 bits per heavy atom. The van der Waals surface area contributed by atoms with Crippen LogP contribution >= 0.6 is 0 Å². The zero-order valence-electron chi connectivity index (χ0n) is 14.1. The van der Waals surface area contributed by atoms with Crippen molar-refractivity contribution in [2.45, 2.75) is 6.54 Å². The number of nitrogens with zero attached hydrogens (tertiary/aromatic N) is 4. The van der Waals surface area contributed by atoms with E-state index in [9.17, 15) is 0 Å². The number of imidazole rings is 1. The van der Waals surface area contributed by atoms with Crippen molar-refractivity contribution >= 4 is 39.9 Å². The molecule has 0 unspecified atom stereocenters. The van der Waals surface area contributed by atoms with Gasteiger partial charge in [-0.3, -0.25) is 0 Å². The second kappa shape index (κ2) is 5.77. The molecule has 5 rings (SSSR count). The molecule has 2 aromatic carbocycles. The summed E-state index contributed by atoms with van der Waals surface area (Å²) in [6, 6.07) is 20.2. The third-order valence-electron chi connectivity index (χ3n) is 4.70. The normalized spacial score (nSPS) is 13.2. The molecule has 6 nitrogen and oxygen atoms in total. The van der Waals surface area contributed by atoms with E-state index in [1.165, 1.54) is 5.52 Å². The molecule has 0 bridgehead atoms. The van der Waals surface area contributed by atoms with Crippen molar-refractivity contribution in [2.75, 3.05) is 22.5 Å². The number of nitrogen functional groups attached to an aromatic ring is 1. The van der Waals surface area contributed by atoms with Crippen molar-refractivity contribution < 1.29 is 0 Å². The molecule has 0 atom stereocenters. The van der Waals surface area contributed by atoms with Crippen LogP contribution in [0.3, 0.4) is 0 Å². The van der Waals surface area contributed by atoms with Gasteiger partial charge in [-0.2, -0.15) is 0 Å². The van der Waals surface area contributed by atoms with Gasteiger partial charge in [0.25, 0.3) is 0 Å². The molecule has 0 fully saturated rings. The lowest BCUT2D eigenvalue weighted by atomic mass is 10.2. The lowest BCUT2D eigenvalue weighted by Gasteiger charge is -2.17. The molecule has 0 amide bonds. The van der Waals surface area contributed by atoms with E-state index in [0.29, 0.717) is 11.5 Å². The average molecular weight is 342 g/mol. The smallest absolute Gasteiger partial charge is 0.211 e. The molecule has 0 aliphatic carbocycles. The number of rotatable bonds is 3. The first-order chi connectivity index (χ1) is 12.8. The Hall–Kier alpha value is -3.54. The quantitative estimate of drug-likeness (QED) is 0.591. The zero-order valence-corrected chi connectivity index (χ0v) is 14.1. The van der Waals surface area contributed by atoms with Gasteiger partial charge in [0, 0.05) is 30.7 Å². The Morgan fingerprint density at radius 3 is 2.62 bits per heavy atom. The van der Waals surface area contributed by atoms with E-state index in [4.69, 9.17) is 10.7 Å². The van der Waals surface area contributed by atoms with Gasteiger partial charge in [0.15, 0.2) is 5.82 Å². The first-order valence-electron chi connectivity index (χ1n) is 8.60. The molecule has 6 heteroatoms. The fraction of sp³-hybridized carbons (Fsp3) is 0.100. The van der Waals surface area contributed by atoms with Crippen molar-refractivity contribution in [2.24, 2.45) is 0 Å². The maximum absolute atomic E-state index is 5.94. The molecule has 0 saturated carbocycles. The maximum Gasteiger partial charge on any atom is 0.211 e. The van der Waals surface area contributed by atoms with Gasteiger partial charge in [-0.05, 0) is 48.5 Å². The Morgan fingerprint density at radius 2 is 1.77 bits per heavy atom. The van der Waals surface area contributed by atoms with E-state index in [1.807, 2.05) is 30.3 Å². The molecule has 3 N–H and O–H groups in total. The second-order valence-electron chi connectivity index (χ2n) is 6.32. The monoisotopic (exact) mass is 342 g/mol. The summed E-state index contributed by atoms with van der Waals surface area (Å²) in [7, 11) is 0. The largest absolute Gasteiger partial charge is 0.396 e. The van der Waals surface area contributed by atoms with Crippen LogP contribution in [0.4, 0.5) is 28.8 Å². The number of anilines is 5. The highest BCUT2D eigenvalue weighted by Gasteiger charge is 2.24. The van der Waals surface area contributed by atoms with Crippen LogP contribution in [-0.4, -0.2) is 21.1 Å². The summed E-state index contributed by atoms with van der Waals surface area (Å²) in [5.74, 6) is 1.67. The standard InChI is InChI=1S/C20H18N6/c21-16-4-3-11-22-19(16)23-14-7-9-15(10-8-14)25-12-13-26-18-6-2-1-5-17(18)24-20(25)26/h1-11H,12-13,21H2,(H,22,23). The topological polar surface area (TPSA) is 72.0 Å². The van der Waals surface area contributed by atoms with Gasteiger partial charge in [0.05, 0.1) is 16.7 Å². The molecule has 1 aliphatic rings. The minimum absolute atomic E-state index is 0.629. The molecule has 128 valence electrons. The number of nitrogens with one attached hydrogen (secondary N) is 1. The van der Waals surface area contributed by atoms with Gasteiger partial charge in [-0.25, -0.2) is 9.97 Å². The highest BCUT2D eigenvalue weighted by Crippen LogP contribution is 2.33. The predicted octanol–water partition coefficient (Wildman–Crippen LogP) is 3.91. The van der Waals surface area contributed by atoms with E-state index in [2.05, 4.69) is 50.1 Å². The summed E-state index contributed by atoms with van der Waals surface area (Å²) in [6.07, 6.45) is 1.72. The lowest BCUT2D eigenvalue weighted by molar-refractivity contribution is 0.825. The number of benzene rings is 2. The highest BCUT2D eigenvalue weighted by atomic mass is 15.4. The van der Waals surface area contributed by atoms with Crippen LogP contribution in [0.25, 0.3) is 11.0 Å². The molecule has 0 saturated heterocycles. The van der Waals surface area contributed by atoms with Gasteiger partial charge in [-0.1, -0.05) is 12.1 Å². The van der Waals surface area contributed by atoms with Gasteiger partial charge >= 0.3 is 0 Å². The predicted molar refractivity (Wildman–Crippen MR) is 105 cm³/mol. The number of fused-ring (bicyclic) bond motifs is 3. The zero-order chi connectivity index (χ0) is 17.5. The van der Waals surface area contributed by atoms with Crippen molar-refractivity contribution in [1.82, 2.24) is 14.5 Å². The fourth-order valence-corrected chi connectivity index (χ4v) is 3.42. The molecule has 4 aromatic rings. The first-order valence-corrected chi connectivity index (χ1v) is 8.60. The summed E-state index contributed by atoms with van der Waals surface area (Å²) in [5, 5.41) is 3.26. The lowest BCUT2D eigenvalue weighted by Crippen LogP contribution is -2.14. The van der Waals surface area contributed by atoms with Crippen molar-refractivity contribution in [1.29, 1.82) is 0 Å². The first kappa shape index (κ1) is 14.8. The number of hydrogen-bond acceptors (Lipinski definition) is 5. The van der Waals surface area contributed by atoms with Gasteiger partial charge in [0.1, 0.15) is 0 Å². The third-order valence-corrected chi connectivity index (χ3v) is 4.70. The van der Waals surface area contributed by atoms with Crippen molar-refractivity contribution in [3.8, 4) is 0 Å². The Bertz CT molecular complexity index is 1080. The van der Waals surface area contributed by atoms with Gasteiger partial charge in [0.2, 0.25) is 5.95 Å². The van der Waals surface area contributed by atoms with E-state index < -0.39 is 0 Å². The number of hydrogen-bond donors (Lipinski definition) is 2. The number of aromatic nitrogens is 3. The molecule has 0 spiro atoms. The van der Waals surface area contributed by atoms with Crippen LogP contribution in [0.15, 0.2) is 66.9 Å². The van der Waals surface area contributed by atoms with Crippen LogP contribution in [-0.2, 0) is 6.54 Å². The van der Waals surface area contributed by atoms with Crippen LogP contribution in [0, 0.1) is 0 Å². The van der Waals surface area contributed by atoms with E-state index in [1.54, 1.807) is 6.20 Å². The van der Waals surface area contributed by atoms with Crippen LogP contribution in [0.1, 0.15) is 0 Å². The maximum atomic E-state index is 5.94. The molecule has 26 heavy (non-hydrogen) atoms. The molecule has 3 heterocycles. The van der Waals surface area contributed by atoms with E-state index >= 15 is 0 Å². The highest BCUT2D eigenvalue weighted by molar-refractivity contribution is 5.81. The summed E-state index contributed by atoms with van der Waals surface area (Å²) < 4.78 is 2.27. The SMILES string of the molecule is Nc1cccnc1Nc1ccc(N2CCn3c2nc2ccccc23)cc1. The Kier molecular flexibility index (Phi) is 3.28. The van der Waals surface area contributed by atoms with Crippen molar-refractivity contribution in [3.63, 3.8) is 0 Å². The minimum Gasteiger partial charge on any atom is -0.396 e. The number of nitrogens with two attached hydrogens (primary N) is 1. The van der Waals surface area contributed by atoms with Crippen LogP contribution < -0.4 is 16.0 Å². The summed E-state index contributed by atoms with van der Waals surface area (Å²) in [6.45, 7) is 1.87. The minimum atomic E-state index is 0.629. The third kappa shape index (κ3) is 2.35. The molecule has 1 aliphatic heterocycles. The van der Waals surface area contributed by atoms with Crippen molar-refractivity contribution in [3.05, 3.63) is 66.9 Å². The molecular weight excluding hydrogens is 324 g/mol. The summed E-state index contributed by atoms with van der Waals surface area (Å²) >= 11 is 0. The van der Waals surface area contributed by atoms with E-state index in [0.717, 1.165) is 35.9 Å². The summed E-state index contributed by atoms with van der Waals surface area (Å²) in [5.41, 5.74) is 10.9. The Balaban J connectivity index is 1.43. The molecular formula is C20H18N6. The second-order valence-corrected chi connectivity index (χ2v) is 6.32. The van der Waals surface area contributed by atoms with E-state index in [-0.39, 0.29) is 0 Å². The van der Waals surface area contributed by atoms with Gasteiger partial charge in [-0.15, -0.1) is 0 Å². The van der Waals surface area contributed by atoms with Crippen LogP contribution in [0.5, 0.6) is 0 Å².